The van der Waals surface area contributed by atoms with Crippen LogP contribution in [0.3, 0.4) is 0 Å². The van der Waals surface area contributed by atoms with E-state index in [0.29, 0.717) is 0 Å². The molecular formula is B19-2. The summed E-state index contributed by atoms with van der Waals surface area (Å²) in [4.78, 5) is 0. The molecule has 0 amide bonds. The number of hydrogen-bond donors (Lipinski definition) is 0. The molecule has 59 valence electrons. The third-order valence-electron chi connectivity index (χ3n) is 3.33. The molecule has 0 atom stereocenters. The van der Waals surface area contributed by atoms with Gasteiger partial charge in [-0.1, -0.05) is 0 Å². The van der Waals surface area contributed by atoms with Gasteiger partial charge in [-0.25, -0.2) is 6.39 Å². The van der Waals surface area contributed by atoms with Gasteiger partial charge in [-0.2, -0.15) is 0 Å². The molecular weight excluding hydrogens is 205 g/mol. The summed E-state index contributed by atoms with van der Waals surface area (Å²) in [6.45, 7) is 0. The first-order chi connectivity index (χ1) is 8.64. The Labute approximate surface area is 135 Å². The first-order valence-corrected chi connectivity index (χ1v) is 6.00. The van der Waals surface area contributed by atoms with Crippen molar-refractivity contribution in [3.63, 3.8) is 0 Å². The van der Waals surface area contributed by atoms with E-state index >= 15 is 0 Å². The molecule has 0 aromatic heterocycles. The number of rotatable bonds is 8. The Bertz CT molecular complexity index is 188. The molecule has 0 saturated heterocycles. The molecule has 0 aromatic rings. The Kier molecular flexibility index (Phi) is 9.90. The second-order valence-corrected chi connectivity index (χ2v) is 4.81. The van der Waals surface area contributed by atoms with Crippen molar-refractivity contribution in [3.05, 3.63) is 0 Å². The first kappa shape index (κ1) is 20.2. The van der Waals surface area contributed by atoms with Crippen LogP contribution in [0.2, 0.25) is 0 Å². The normalized spacial score (nSPS) is 9.16. The molecule has 0 aliphatic heterocycles. The maximum absolute atomic E-state index is 5.95. The predicted octanol–water partition coefficient (Wildman–Crippen LogP) is -7.24. The molecule has 0 spiro atoms. The molecule has 0 rings (SSSR count). The smallest absolute Gasteiger partial charge is 0.0000000254 e. The average Bonchev–Trinajstić information content (AvgIpc) is 2.24. The van der Waals surface area contributed by atoms with Crippen molar-refractivity contribution >= 4 is 136 Å². The third kappa shape index (κ3) is 5.86. The largest absolute Gasteiger partial charge is 0.690 e. The molecule has 0 saturated carbocycles. The molecule has 0 fully saturated rings. The first-order valence-electron chi connectivity index (χ1n) is 6.00. The molecule has 0 nitrogen and oxygen atoms in total. The van der Waals surface area contributed by atoms with E-state index in [4.69, 9.17) is 77.4 Å². The van der Waals surface area contributed by atoms with Gasteiger partial charge < -0.3 is 15.5 Å². The van der Waals surface area contributed by atoms with Crippen LogP contribution in [0.5, 0.6) is 0 Å². The van der Waals surface area contributed by atoms with Gasteiger partial charge in [0.15, 0.2) is 0 Å². The van der Waals surface area contributed by atoms with Crippen LogP contribution in [-0.2, 0) is 0 Å². The second kappa shape index (κ2) is 9.29. The van der Waals surface area contributed by atoms with Crippen molar-refractivity contribution in [3.8, 4) is 0 Å². The van der Waals surface area contributed by atoms with Crippen molar-refractivity contribution in [1.82, 2.24) is 0 Å². The van der Waals surface area contributed by atoms with Gasteiger partial charge in [-0.05, 0) is 107 Å². The lowest BCUT2D eigenvalue weighted by Crippen LogP contribution is -2.79. The fourth-order valence-corrected chi connectivity index (χ4v) is 2.44. The summed E-state index contributed by atoms with van der Waals surface area (Å²) in [5, 5.41) is 0. The van der Waals surface area contributed by atoms with Crippen LogP contribution >= 0.6 is 0 Å². The van der Waals surface area contributed by atoms with Crippen LogP contribution in [-0.4, -0.2) is 136 Å². The van der Waals surface area contributed by atoms with E-state index in [0.717, 1.165) is 0 Å². The van der Waals surface area contributed by atoms with E-state index in [-0.39, 0.29) is 0 Å². The monoisotopic (exact) mass is 209 g/mol. The Morgan fingerprint density at radius 1 is 0.632 bits per heavy atom. The van der Waals surface area contributed by atoms with Gasteiger partial charge in [0.25, 0.3) is 0 Å². The molecule has 0 aliphatic carbocycles. The molecule has 0 aromatic carbocycles. The minimum Gasteiger partial charge on any atom is -0.690 e. The highest BCUT2D eigenvalue weighted by atomic mass is 13.2. The topological polar surface area (TPSA) is 0 Å². The lowest BCUT2D eigenvalue weighted by molar-refractivity contribution is 3.34. The maximum Gasteiger partial charge on any atom is -0.0000000254 e. The van der Waals surface area contributed by atoms with E-state index in [2.05, 4.69) is 0 Å². The van der Waals surface area contributed by atoms with Crippen molar-refractivity contribution in [2.45, 2.75) is 0 Å². The maximum atomic E-state index is 5.95. The van der Waals surface area contributed by atoms with Gasteiger partial charge >= 0.3 is 0 Å². The van der Waals surface area contributed by atoms with Crippen molar-refractivity contribution < 1.29 is 0 Å². The Balaban J connectivity index is 5.50. The summed E-state index contributed by atoms with van der Waals surface area (Å²) in [6, 6.07) is 0. The minimum absolute atomic E-state index is 0.537. The van der Waals surface area contributed by atoms with Crippen LogP contribution in [0.1, 0.15) is 0 Å². The lowest BCUT2D eigenvalue weighted by atomic mass is 8.40. The Hall–Kier alpha value is 1.23. The SMILES string of the molecule is [B]B([B])B(B([B])[B])B(B([B])[B][B-])B(B([B])[B])B([B])[B-]. The second-order valence-electron chi connectivity index (χ2n) is 4.81. The third-order valence-corrected chi connectivity index (χ3v) is 3.33. The zero-order valence-electron chi connectivity index (χ0n) is 11.0. The van der Waals surface area contributed by atoms with Crippen LogP contribution in [0.15, 0.2) is 0 Å². The van der Waals surface area contributed by atoms with Gasteiger partial charge in [0.1, 0.15) is 0 Å². The highest BCUT2D eigenvalue weighted by Gasteiger charge is 2.39. The standard InChI is InChI=1S/B19/c1-11-16(10)19(17(12(2)3)13(4)5)18(14(6)7)15(8)9/q-2. The molecule has 0 unspecified atom stereocenters. The van der Waals surface area contributed by atoms with E-state index in [1.165, 1.54) is 7.06 Å². The fourth-order valence-electron chi connectivity index (χ4n) is 2.44. The van der Waals surface area contributed by atoms with Gasteiger partial charge in [0.2, 0.25) is 0 Å². The van der Waals surface area contributed by atoms with Crippen molar-refractivity contribution in [2.24, 2.45) is 0 Å². The molecule has 19 heteroatoms. The molecule has 0 heterocycles. The zero-order chi connectivity index (χ0) is 15.3. The summed E-state index contributed by atoms with van der Waals surface area (Å²) in [5.41, 5.74) is 0. The van der Waals surface area contributed by atoms with E-state index in [9.17, 15) is 0 Å². The van der Waals surface area contributed by atoms with Crippen LogP contribution < -0.4 is 0 Å². The summed E-state index contributed by atoms with van der Waals surface area (Å²) in [7, 11) is 58.4. The van der Waals surface area contributed by atoms with Gasteiger partial charge in [-0.3, -0.25) is 7.06 Å². The highest BCUT2D eigenvalue weighted by molar-refractivity contribution is 8.18. The van der Waals surface area contributed by atoms with E-state index < -0.39 is 51.1 Å². The van der Waals surface area contributed by atoms with Crippen molar-refractivity contribution in [2.75, 3.05) is 0 Å². The van der Waals surface area contributed by atoms with Gasteiger partial charge in [0.05, 0.1) is 0 Å². The zero-order valence-corrected chi connectivity index (χ0v) is 11.0. The molecule has 0 aliphatic rings. The summed E-state index contributed by atoms with van der Waals surface area (Å²) < 4.78 is 0. The minimum atomic E-state index is -0.837. The predicted molar refractivity (Wildman–Crippen MR) is 109 cm³/mol. The quantitative estimate of drug-likeness (QED) is 0.346. The fraction of sp³-hybridized carbons (Fsp3) is 0. The lowest BCUT2D eigenvalue weighted by Gasteiger charge is -2.47. The Morgan fingerprint density at radius 2 is 1.00 bits per heavy atom. The number of hydrogen-bond acceptors (Lipinski definition) is 0. The summed E-state index contributed by atoms with van der Waals surface area (Å²) in [5.74, 6) is 0. The van der Waals surface area contributed by atoms with Crippen LogP contribution in [0, 0.1) is 0 Å². The van der Waals surface area contributed by atoms with Gasteiger partial charge in [0, 0.05) is 0 Å². The molecule has 0 N–H and O–H groups in total. The average molecular weight is 205 g/mol. The van der Waals surface area contributed by atoms with E-state index in [1.54, 1.807) is 0 Å². The molecule has 0 bridgehead atoms. The van der Waals surface area contributed by atoms with Crippen molar-refractivity contribution in [1.29, 1.82) is 0 Å². The molecule has 23 radical (unpaired) electrons. The van der Waals surface area contributed by atoms with Crippen LogP contribution in [0.4, 0.5) is 0 Å². The van der Waals surface area contributed by atoms with E-state index in [1.807, 2.05) is 0 Å². The Morgan fingerprint density at radius 3 is 1.21 bits per heavy atom. The summed E-state index contributed by atoms with van der Waals surface area (Å²) >= 11 is 0. The van der Waals surface area contributed by atoms with Crippen LogP contribution in [0.25, 0.3) is 0 Å². The van der Waals surface area contributed by atoms with Gasteiger partial charge in [-0.15, -0.1) is 0 Å². The molecule has 19 heavy (non-hydrogen) atoms. The summed E-state index contributed by atoms with van der Waals surface area (Å²) in [6.07, 6.45) is -5.72. The highest BCUT2D eigenvalue weighted by Crippen LogP contribution is 2.04.